The van der Waals surface area contributed by atoms with Gasteiger partial charge in [0.1, 0.15) is 17.6 Å². The fraction of sp³-hybridized carbons (Fsp3) is 0.357. The number of ether oxygens (including phenoxy) is 2. The molecule has 0 aromatic heterocycles. The summed E-state index contributed by atoms with van der Waals surface area (Å²) >= 11 is 0. The molecular weight excluding hydrogens is 378 g/mol. The van der Waals surface area contributed by atoms with Gasteiger partial charge in [0.05, 0.1) is 12.2 Å². The van der Waals surface area contributed by atoms with Crippen molar-refractivity contribution in [3.8, 4) is 11.5 Å². The quantitative estimate of drug-likeness (QED) is 0.686. The van der Waals surface area contributed by atoms with E-state index < -0.39 is 65.5 Å². The van der Waals surface area contributed by atoms with Gasteiger partial charge in [-0.25, -0.2) is 4.79 Å². The molecule has 1 aromatic rings. The molecule has 1 aromatic carbocycles. The zero-order valence-electron chi connectivity index (χ0n) is 12.4. The molecule has 0 radical (unpaired) electrons. The van der Waals surface area contributed by atoms with Crippen LogP contribution in [-0.2, 0) is 4.79 Å². The van der Waals surface area contributed by atoms with E-state index >= 15 is 0 Å². The van der Waals surface area contributed by atoms with Gasteiger partial charge in [0.2, 0.25) is 6.10 Å². The largest absolute Gasteiger partial charge is 0.573 e. The van der Waals surface area contributed by atoms with Gasteiger partial charge in [0.15, 0.2) is 0 Å². The number of aliphatic hydroxyl groups excluding tert-OH is 2. The minimum Gasteiger partial charge on any atom is -0.478 e. The van der Waals surface area contributed by atoms with Gasteiger partial charge in [-0.3, -0.25) is 0 Å². The molecule has 0 fully saturated rings. The Hall–Kier alpha value is -2.47. The van der Waals surface area contributed by atoms with E-state index in [0.29, 0.717) is 18.2 Å². The lowest BCUT2D eigenvalue weighted by Crippen LogP contribution is -2.40. The molecule has 0 bridgehead atoms. The van der Waals surface area contributed by atoms with Crippen molar-refractivity contribution in [3.05, 3.63) is 28.8 Å². The second-order valence-electron chi connectivity index (χ2n) is 5.12. The van der Waals surface area contributed by atoms with Crippen LogP contribution in [-0.4, -0.2) is 46.5 Å². The average molecular weight is 388 g/mol. The molecule has 2 atom stereocenters. The maximum Gasteiger partial charge on any atom is 0.573 e. The molecule has 144 valence electrons. The number of hydrogen-bond donors (Lipinski definition) is 3. The van der Waals surface area contributed by atoms with E-state index in [1.807, 2.05) is 0 Å². The van der Waals surface area contributed by atoms with Crippen molar-refractivity contribution < 1.29 is 55.9 Å². The van der Waals surface area contributed by atoms with Crippen LogP contribution in [0.2, 0.25) is 0 Å². The van der Waals surface area contributed by atoms with E-state index in [-0.39, 0.29) is 0 Å². The number of carboxylic acids is 1. The van der Waals surface area contributed by atoms with Crippen LogP contribution in [0.1, 0.15) is 17.2 Å². The Bertz CT molecular complexity index is 739. The van der Waals surface area contributed by atoms with Gasteiger partial charge >= 0.3 is 18.5 Å². The summed E-state index contributed by atoms with van der Waals surface area (Å²) in [6.45, 7) is -1.04. The Morgan fingerprint density at radius 1 is 1.23 bits per heavy atom. The van der Waals surface area contributed by atoms with Crippen molar-refractivity contribution in [2.75, 3.05) is 6.61 Å². The van der Waals surface area contributed by atoms with E-state index in [9.17, 15) is 36.2 Å². The van der Waals surface area contributed by atoms with E-state index in [4.69, 9.17) is 10.2 Å². The highest BCUT2D eigenvalue weighted by atomic mass is 19.4. The fourth-order valence-corrected chi connectivity index (χ4v) is 2.27. The lowest BCUT2D eigenvalue weighted by Gasteiger charge is -2.29. The van der Waals surface area contributed by atoms with E-state index in [1.54, 1.807) is 0 Å². The monoisotopic (exact) mass is 388 g/mol. The molecule has 26 heavy (non-hydrogen) atoms. The molecular formula is C14H10F6O6. The number of carbonyl (C=O) groups is 1. The van der Waals surface area contributed by atoms with Gasteiger partial charge in [-0.1, -0.05) is 0 Å². The first-order valence-corrected chi connectivity index (χ1v) is 6.74. The summed E-state index contributed by atoms with van der Waals surface area (Å²) in [5.41, 5.74) is -2.38. The highest BCUT2D eigenvalue weighted by Gasteiger charge is 2.49. The Morgan fingerprint density at radius 2 is 1.85 bits per heavy atom. The molecule has 0 amide bonds. The number of fused-ring (bicyclic) bond motifs is 1. The van der Waals surface area contributed by atoms with Crippen molar-refractivity contribution in [1.82, 2.24) is 0 Å². The Labute approximate surface area is 140 Å². The van der Waals surface area contributed by atoms with Gasteiger partial charge in [0, 0.05) is 11.1 Å². The number of carboxylic acid groups (broad SMARTS) is 1. The van der Waals surface area contributed by atoms with Crippen LogP contribution >= 0.6 is 0 Å². The molecule has 1 heterocycles. The van der Waals surface area contributed by atoms with Crippen LogP contribution in [0.3, 0.4) is 0 Å². The zero-order valence-corrected chi connectivity index (χ0v) is 12.4. The summed E-state index contributed by atoms with van der Waals surface area (Å²) in [5, 5.41) is 27.6. The van der Waals surface area contributed by atoms with Crippen molar-refractivity contribution in [2.45, 2.75) is 24.7 Å². The highest BCUT2D eigenvalue weighted by Crippen LogP contribution is 2.43. The van der Waals surface area contributed by atoms with Crippen molar-refractivity contribution in [1.29, 1.82) is 0 Å². The maximum absolute atomic E-state index is 13.0. The Balaban J connectivity index is 2.66. The fourth-order valence-electron chi connectivity index (χ4n) is 2.27. The third kappa shape index (κ3) is 4.19. The van der Waals surface area contributed by atoms with Crippen molar-refractivity contribution in [3.63, 3.8) is 0 Å². The molecule has 0 aliphatic carbocycles. The molecule has 2 rings (SSSR count). The van der Waals surface area contributed by atoms with Gasteiger partial charge in [0.25, 0.3) is 0 Å². The molecule has 6 nitrogen and oxygen atoms in total. The number of alkyl halides is 6. The number of aliphatic hydroxyl groups is 2. The summed E-state index contributed by atoms with van der Waals surface area (Å²) in [4.78, 5) is 11.1. The molecule has 3 N–H and O–H groups in total. The topological polar surface area (TPSA) is 96.2 Å². The van der Waals surface area contributed by atoms with Gasteiger partial charge < -0.3 is 24.8 Å². The van der Waals surface area contributed by atoms with Gasteiger partial charge in [-0.15, -0.1) is 13.2 Å². The van der Waals surface area contributed by atoms with E-state index in [2.05, 4.69) is 9.47 Å². The third-order valence-electron chi connectivity index (χ3n) is 3.26. The molecule has 1 aliphatic rings. The van der Waals surface area contributed by atoms with Crippen LogP contribution in [0.5, 0.6) is 11.5 Å². The number of hydrogen-bond acceptors (Lipinski definition) is 5. The first kappa shape index (κ1) is 19.8. The number of benzene rings is 1. The summed E-state index contributed by atoms with van der Waals surface area (Å²) in [6, 6.07) is 1.15. The standard InChI is InChI=1S/C14H10F6O6/c15-13(16,17)11-8(12(23)24)2-5-1-6(26-14(18,19)20)3-7(9(22)4-21)10(5)25-11/h1-3,9,11,21-22H,4H2,(H,23,24). The van der Waals surface area contributed by atoms with Crippen molar-refractivity contribution >= 4 is 12.0 Å². The zero-order chi connectivity index (χ0) is 19.9. The van der Waals surface area contributed by atoms with Crippen molar-refractivity contribution in [2.24, 2.45) is 0 Å². The summed E-state index contributed by atoms with van der Waals surface area (Å²) < 4.78 is 84.6. The highest BCUT2D eigenvalue weighted by molar-refractivity contribution is 5.95. The summed E-state index contributed by atoms with van der Waals surface area (Å²) in [7, 11) is 0. The van der Waals surface area contributed by atoms with Crippen LogP contribution in [0.15, 0.2) is 17.7 Å². The number of aliphatic carboxylic acids is 1. The van der Waals surface area contributed by atoms with E-state index in [0.717, 1.165) is 0 Å². The van der Waals surface area contributed by atoms with Crippen LogP contribution in [0, 0.1) is 0 Å². The summed E-state index contributed by atoms with van der Waals surface area (Å²) in [6.07, 6.45) is -14.6. The first-order chi connectivity index (χ1) is 11.8. The molecule has 1 aliphatic heterocycles. The minimum atomic E-state index is -5.15. The molecule has 2 unspecified atom stereocenters. The van der Waals surface area contributed by atoms with Crippen LogP contribution < -0.4 is 9.47 Å². The summed E-state index contributed by atoms with van der Waals surface area (Å²) in [5.74, 6) is -3.65. The molecule has 0 saturated carbocycles. The van der Waals surface area contributed by atoms with E-state index in [1.165, 1.54) is 0 Å². The molecule has 12 heteroatoms. The Morgan fingerprint density at radius 3 is 2.31 bits per heavy atom. The maximum atomic E-state index is 13.0. The number of halogens is 6. The minimum absolute atomic E-state index is 0.468. The lowest BCUT2D eigenvalue weighted by molar-refractivity contribution is -0.274. The second-order valence-corrected chi connectivity index (χ2v) is 5.12. The molecule has 0 saturated heterocycles. The Kier molecular flexibility index (Phi) is 5.10. The smallest absolute Gasteiger partial charge is 0.478 e. The van der Waals surface area contributed by atoms with Crippen LogP contribution in [0.25, 0.3) is 6.08 Å². The predicted molar refractivity (Wildman–Crippen MR) is 71.3 cm³/mol. The number of rotatable bonds is 4. The van der Waals surface area contributed by atoms with Gasteiger partial charge in [-0.05, 0) is 18.2 Å². The second kappa shape index (κ2) is 6.68. The third-order valence-corrected chi connectivity index (χ3v) is 3.26. The first-order valence-electron chi connectivity index (χ1n) is 6.74. The average Bonchev–Trinajstić information content (AvgIpc) is 2.49. The SMILES string of the molecule is O=C(O)C1=Cc2cc(OC(F)(F)F)cc(C(O)CO)c2OC1C(F)(F)F. The van der Waals surface area contributed by atoms with Crippen LogP contribution in [0.4, 0.5) is 26.3 Å². The predicted octanol–water partition coefficient (Wildman–Crippen LogP) is 2.40. The normalized spacial score (nSPS) is 18.5. The lowest BCUT2D eigenvalue weighted by atomic mass is 9.96. The van der Waals surface area contributed by atoms with Gasteiger partial charge in [-0.2, -0.15) is 13.2 Å². The molecule has 0 spiro atoms.